The van der Waals surface area contributed by atoms with E-state index in [1.807, 2.05) is 83.4 Å². The number of hydrogen-bond acceptors (Lipinski definition) is 6. The van der Waals surface area contributed by atoms with Crippen LogP contribution in [0.2, 0.25) is 0 Å². The van der Waals surface area contributed by atoms with Crippen LogP contribution in [-0.2, 0) is 11.3 Å². The van der Waals surface area contributed by atoms with E-state index < -0.39 is 0 Å². The average molecular weight is 471 g/mol. The number of hydrogen-bond donors (Lipinski definition) is 2. The number of ether oxygens (including phenoxy) is 1. The van der Waals surface area contributed by atoms with Crippen LogP contribution in [0, 0.1) is 0 Å². The molecule has 8 nitrogen and oxygen atoms in total. The van der Waals surface area contributed by atoms with Crippen molar-refractivity contribution in [2.75, 3.05) is 12.9 Å². The Bertz CT molecular complexity index is 1430. The highest BCUT2D eigenvalue weighted by Gasteiger charge is 2.20. The molecular formula is C25H22N6O2S. The molecule has 1 amide bonds. The maximum absolute atomic E-state index is 12.6. The number of nitrogens with zero attached hydrogens (tertiary/aromatic N) is 4. The Balaban J connectivity index is 1.38. The molecule has 3 aromatic carbocycles. The second-order valence-corrected chi connectivity index (χ2v) is 8.41. The first-order chi connectivity index (χ1) is 16.7. The maximum atomic E-state index is 12.6. The molecule has 0 atom stereocenters. The summed E-state index contributed by atoms with van der Waals surface area (Å²) >= 11 is 1.33. The third kappa shape index (κ3) is 4.38. The van der Waals surface area contributed by atoms with E-state index in [2.05, 4.69) is 25.7 Å². The van der Waals surface area contributed by atoms with Crippen LogP contribution >= 0.6 is 11.8 Å². The molecule has 5 rings (SSSR count). The van der Waals surface area contributed by atoms with Crippen LogP contribution in [-0.4, -0.2) is 43.7 Å². The quantitative estimate of drug-likeness (QED) is 0.330. The number of fused-ring (bicyclic) bond motifs is 1. The van der Waals surface area contributed by atoms with Crippen molar-refractivity contribution in [3.63, 3.8) is 0 Å². The summed E-state index contributed by atoms with van der Waals surface area (Å²) in [6, 6.07) is 25.3. The Hall–Kier alpha value is -4.11. The molecule has 0 bridgehead atoms. The van der Waals surface area contributed by atoms with Crippen molar-refractivity contribution < 1.29 is 9.53 Å². The minimum atomic E-state index is -0.106. The first kappa shape index (κ1) is 21.7. The molecule has 0 fully saturated rings. The van der Waals surface area contributed by atoms with E-state index in [0.29, 0.717) is 23.2 Å². The molecule has 0 aliphatic carbocycles. The molecule has 0 aliphatic heterocycles. The van der Waals surface area contributed by atoms with Crippen molar-refractivity contribution in [1.82, 2.24) is 30.3 Å². The van der Waals surface area contributed by atoms with Crippen molar-refractivity contribution in [3.8, 4) is 23.0 Å². The smallest absolute Gasteiger partial charge is 0.230 e. The number of carbonyl (C=O) groups excluding carboxylic acids is 1. The van der Waals surface area contributed by atoms with Crippen LogP contribution in [0.25, 0.3) is 28.1 Å². The summed E-state index contributed by atoms with van der Waals surface area (Å²) in [5, 5.41) is 20.9. The van der Waals surface area contributed by atoms with Crippen molar-refractivity contribution in [1.29, 1.82) is 0 Å². The number of methoxy groups -OCH3 is 1. The van der Waals surface area contributed by atoms with Gasteiger partial charge in [0.1, 0.15) is 11.4 Å². The van der Waals surface area contributed by atoms with Crippen molar-refractivity contribution in [3.05, 3.63) is 84.4 Å². The Morgan fingerprint density at radius 2 is 1.76 bits per heavy atom. The first-order valence-corrected chi connectivity index (χ1v) is 11.7. The molecule has 0 radical (unpaired) electrons. The first-order valence-electron chi connectivity index (χ1n) is 10.7. The Morgan fingerprint density at radius 3 is 2.62 bits per heavy atom. The molecule has 2 aromatic heterocycles. The van der Waals surface area contributed by atoms with Gasteiger partial charge in [-0.05, 0) is 24.3 Å². The molecule has 2 N–H and O–H groups in total. The number of benzene rings is 3. The number of aromatic nitrogens is 5. The van der Waals surface area contributed by atoms with Gasteiger partial charge in [0.2, 0.25) is 5.91 Å². The van der Waals surface area contributed by atoms with Crippen LogP contribution in [0.1, 0.15) is 5.56 Å². The SMILES string of the molecule is COc1ccccc1CNC(=O)CSc1nnc(-c2n[nH]c3ccccc23)n1-c1ccccc1. The van der Waals surface area contributed by atoms with Crippen LogP contribution in [0.3, 0.4) is 0 Å². The Morgan fingerprint density at radius 1 is 1.00 bits per heavy atom. The molecule has 5 aromatic rings. The van der Waals surface area contributed by atoms with Gasteiger partial charge in [0.15, 0.2) is 11.0 Å². The number of aromatic amines is 1. The third-order valence-electron chi connectivity index (χ3n) is 5.33. The second kappa shape index (κ2) is 9.80. The topological polar surface area (TPSA) is 97.7 Å². The van der Waals surface area contributed by atoms with Crippen molar-refractivity contribution in [2.45, 2.75) is 11.7 Å². The second-order valence-electron chi connectivity index (χ2n) is 7.47. The van der Waals surface area contributed by atoms with E-state index in [9.17, 15) is 4.79 Å². The van der Waals surface area contributed by atoms with Crippen LogP contribution in [0.15, 0.2) is 84.0 Å². The van der Waals surface area contributed by atoms with E-state index in [0.717, 1.165) is 27.9 Å². The summed E-state index contributed by atoms with van der Waals surface area (Å²) in [7, 11) is 1.62. The van der Waals surface area contributed by atoms with Gasteiger partial charge in [-0.15, -0.1) is 10.2 Å². The molecule has 34 heavy (non-hydrogen) atoms. The Labute approximate surface area is 200 Å². The highest BCUT2D eigenvalue weighted by atomic mass is 32.2. The van der Waals surface area contributed by atoms with E-state index >= 15 is 0 Å². The van der Waals surface area contributed by atoms with Gasteiger partial charge in [-0.25, -0.2) is 0 Å². The van der Waals surface area contributed by atoms with Gasteiger partial charge < -0.3 is 10.1 Å². The van der Waals surface area contributed by atoms with E-state index in [-0.39, 0.29) is 11.7 Å². The number of thioether (sulfide) groups is 1. The van der Waals surface area contributed by atoms with E-state index in [1.165, 1.54) is 11.8 Å². The summed E-state index contributed by atoms with van der Waals surface area (Å²) < 4.78 is 7.29. The Kier molecular flexibility index (Phi) is 6.26. The highest BCUT2D eigenvalue weighted by molar-refractivity contribution is 7.99. The lowest BCUT2D eigenvalue weighted by Gasteiger charge is -2.11. The summed E-state index contributed by atoms with van der Waals surface area (Å²) in [6.07, 6.45) is 0. The summed E-state index contributed by atoms with van der Waals surface area (Å²) in [5.41, 5.74) is 3.44. The molecular weight excluding hydrogens is 448 g/mol. The van der Waals surface area contributed by atoms with Crippen LogP contribution < -0.4 is 10.1 Å². The van der Waals surface area contributed by atoms with Gasteiger partial charge >= 0.3 is 0 Å². The standard InChI is InChI=1S/C25H22N6O2S/c1-33-21-14-8-5-9-17(21)15-26-22(32)16-34-25-30-29-24(31(25)18-10-3-2-4-11-18)23-19-12-6-7-13-20(19)27-28-23/h2-14H,15-16H2,1H3,(H,26,32)(H,27,28). The highest BCUT2D eigenvalue weighted by Crippen LogP contribution is 2.30. The van der Waals surface area contributed by atoms with E-state index in [1.54, 1.807) is 7.11 Å². The normalized spacial score (nSPS) is 11.0. The average Bonchev–Trinajstić information content (AvgIpc) is 3.51. The van der Waals surface area contributed by atoms with Crippen molar-refractivity contribution >= 4 is 28.6 Å². The lowest BCUT2D eigenvalue weighted by molar-refractivity contribution is -0.118. The maximum Gasteiger partial charge on any atom is 0.230 e. The zero-order chi connectivity index (χ0) is 23.3. The molecule has 0 spiro atoms. The van der Waals surface area contributed by atoms with E-state index in [4.69, 9.17) is 4.74 Å². The van der Waals surface area contributed by atoms with Gasteiger partial charge in [-0.1, -0.05) is 66.4 Å². The fraction of sp³-hybridized carbons (Fsp3) is 0.120. The minimum Gasteiger partial charge on any atom is -0.496 e. The molecule has 9 heteroatoms. The molecule has 0 saturated heterocycles. The minimum absolute atomic E-state index is 0.106. The number of nitrogens with one attached hydrogen (secondary N) is 2. The van der Waals surface area contributed by atoms with Crippen LogP contribution in [0.5, 0.6) is 5.75 Å². The van der Waals surface area contributed by atoms with Gasteiger partial charge in [0.05, 0.1) is 18.4 Å². The predicted molar refractivity (Wildman–Crippen MR) is 132 cm³/mol. The van der Waals surface area contributed by atoms with Gasteiger partial charge in [0.25, 0.3) is 0 Å². The summed E-state index contributed by atoms with van der Waals surface area (Å²) in [4.78, 5) is 12.6. The zero-order valence-corrected chi connectivity index (χ0v) is 19.2. The number of rotatable bonds is 8. The van der Waals surface area contributed by atoms with Crippen LogP contribution in [0.4, 0.5) is 0 Å². The van der Waals surface area contributed by atoms with Gasteiger partial charge in [0, 0.05) is 23.2 Å². The molecule has 0 aliphatic rings. The fourth-order valence-electron chi connectivity index (χ4n) is 3.68. The lowest BCUT2D eigenvalue weighted by Crippen LogP contribution is -2.25. The fourth-order valence-corrected chi connectivity index (χ4v) is 4.47. The lowest BCUT2D eigenvalue weighted by atomic mass is 10.2. The molecule has 170 valence electrons. The zero-order valence-electron chi connectivity index (χ0n) is 18.4. The largest absolute Gasteiger partial charge is 0.496 e. The van der Waals surface area contributed by atoms with Crippen molar-refractivity contribution in [2.24, 2.45) is 0 Å². The van der Waals surface area contributed by atoms with Gasteiger partial charge in [-0.2, -0.15) is 5.10 Å². The molecule has 0 unspecified atom stereocenters. The number of H-pyrrole nitrogens is 1. The molecule has 0 saturated carbocycles. The summed E-state index contributed by atoms with van der Waals surface area (Å²) in [6.45, 7) is 0.388. The number of carbonyl (C=O) groups is 1. The number of amides is 1. The van der Waals surface area contributed by atoms with Gasteiger partial charge in [-0.3, -0.25) is 14.5 Å². The predicted octanol–water partition coefficient (Wildman–Crippen LogP) is 4.23. The third-order valence-corrected chi connectivity index (χ3v) is 6.26. The monoisotopic (exact) mass is 470 g/mol. The molecule has 2 heterocycles. The summed E-state index contributed by atoms with van der Waals surface area (Å²) in [5.74, 6) is 1.45. The number of para-hydroxylation sites is 3.